The second-order valence-electron chi connectivity index (χ2n) is 13.8. The van der Waals surface area contributed by atoms with Gasteiger partial charge in [-0.05, 0) is 105 Å². The lowest BCUT2D eigenvalue weighted by Crippen LogP contribution is -2.10. The summed E-state index contributed by atoms with van der Waals surface area (Å²) in [6, 6.07) is 78.8. The molecule has 1 heterocycles. The van der Waals surface area contributed by atoms with Crippen molar-refractivity contribution in [1.29, 1.82) is 0 Å². The third-order valence-corrected chi connectivity index (χ3v) is 10.6. The van der Waals surface area contributed by atoms with Gasteiger partial charge < -0.3 is 9.47 Å². The van der Waals surface area contributed by atoms with E-state index in [1.807, 2.05) is 0 Å². The molecule has 0 saturated carbocycles. The highest BCUT2D eigenvalue weighted by Gasteiger charge is 2.17. The van der Waals surface area contributed by atoms with E-state index in [1.54, 1.807) is 0 Å². The summed E-state index contributed by atoms with van der Waals surface area (Å²) >= 11 is 0. The average Bonchev–Trinajstić information content (AvgIpc) is 3.58. The maximum atomic E-state index is 2.41. The molecule has 2 nitrogen and oxygen atoms in total. The molecule has 9 aromatic carbocycles. The molecule has 254 valence electrons. The highest BCUT2D eigenvalue weighted by molar-refractivity contribution is 6.11. The molecule has 0 spiro atoms. The van der Waals surface area contributed by atoms with Crippen LogP contribution in [-0.2, 0) is 0 Å². The minimum Gasteiger partial charge on any atom is -0.310 e. The Labute approximate surface area is 315 Å². The van der Waals surface area contributed by atoms with Gasteiger partial charge in [0.15, 0.2) is 0 Å². The van der Waals surface area contributed by atoms with E-state index in [0.717, 1.165) is 22.7 Å². The van der Waals surface area contributed by atoms with Gasteiger partial charge in [-0.3, -0.25) is 0 Å². The van der Waals surface area contributed by atoms with Crippen molar-refractivity contribution >= 4 is 49.6 Å². The molecule has 0 aliphatic carbocycles. The molecule has 0 N–H and O–H groups in total. The third kappa shape index (κ3) is 5.62. The molecular formula is C52H36N2. The zero-order chi connectivity index (χ0) is 35.8. The predicted molar refractivity (Wildman–Crippen MR) is 229 cm³/mol. The minimum absolute atomic E-state index is 1.12. The second kappa shape index (κ2) is 13.4. The highest BCUT2D eigenvalue weighted by Crippen LogP contribution is 2.40. The molecule has 2 heteroatoms. The van der Waals surface area contributed by atoms with Crippen LogP contribution in [0.3, 0.4) is 0 Å². The lowest BCUT2D eigenvalue weighted by Gasteiger charge is -2.27. The molecule has 1 aromatic heterocycles. The quantitative estimate of drug-likeness (QED) is 0.162. The highest BCUT2D eigenvalue weighted by atomic mass is 15.1. The van der Waals surface area contributed by atoms with Crippen molar-refractivity contribution in [3.63, 3.8) is 0 Å². The van der Waals surface area contributed by atoms with Crippen molar-refractivity contribution in [2.75, 3.05) is 4.90 Å². The van der Waals surface area contributed by atoms with Gasteiger partial charge in [0, 0.05) is 33.2 Å². The number of benzene rings is 9. The van der Waals surface area contributed by atoms with Crippen LogP contribution < -0.4 is 4.90 Å². The maximum absolute atomic E-state index is 2.41. The first-order chi connectivity index (χ1) is 26.8. The average molecular weight is 689 g/mol. The summed E-state index contributed by atoms with van der Waals surface area (Å²) in [7, 11) is 0. The molecule has 0 bridgehead atoms. The van der Waals surface area contributed by atoms with E-state index in [-0.39, 0.29) is 0 Å². The molecular weight excluding hydrogens is 653 g/mol. The van der Waals surface area contributed by atoms with Crippen LogP contribution in [0.4, 0.5) is 17.1 Å². The van der Waals surface area contributed by atoms with E-state index in [2.05, 4.69) is 228 Å². The molecule has 0 atom stereocenters. The lowest BCUT2D eigenvalue weighted by atomic mass is 10.0. The molecule has 0 saturated heterocycles. The van der Waals surface area contributed by atoms with Gasteiger partial charge in [0.1, 0.15) is 0 Å². The molecule has 10 aromatic rings. The van der Waals surface area contributed by atoms with Crippen LogP contribution in [0.1, 0.15) is 0 Å². The number of para-hydroxylation sites is 1. The second-order valence-corrected chi connectivity index (χ2v) is 13.8. The maximum Gasteiger partial charge on any atom is 0.0541 e. The van der Waals surface area contributed by atoms with Crippen LogP contribution in [-0.4, -0.2) is 4.57 Å². The zero-order valence-electron chi connectivity index (χ0n) is 29.7. The van der Waals surface area contributed by atoms with E-state index in [1.165, 1.54) is 66.0 Å². The van der Waals surface area contributed by atoms with Crippen LogP contribution in [0.25, 0.3) is 71.6 Å². The van der Waals surface area contributed by atoms with Crippen molar-refractivity contribution < 1.29 is 0 Å². The Morgan fingerprint density at radius 2 is 0.741 bits per heavy atom. The van der Waals surface area contributed by atoms with Gasteiger partial charge in [-0.2, -0.15) is 0 Å². The van der Waals surface area contributed by atoms with Crippen LogP contribution in [0, 0.1) is 0 Å². The van der Waals surface area contributed by atoms with E-state index in [0.29, 0.717) is 0 Å². The Balaban J connectivity index is 1.04. The summed E-state index contributed by atoms with van der Waals surface area (Å²) in [6.45, 7) is 0. The van der Waals surface area contributed by atoms with Gasteiger partial charge in [0.05, 0.1) is 16.7 Å². The van der Waals surface area contributed by atoms with Gasteiger partial charge in [0.2, 0.25) is 0 Å². The van der Waals surface area contributed by atoms with Crippen molar-refractivity contribution in [3.05, 3.63) is 218 Å². The normalized spacial score (nSPS) is 11.3. The Hall–Kier alpha value is -7.16. The largest absolute Gasteiger partial charge is 0.310 e. The monoisotopic (exact) mass is 688 g/mol. The fraction of sp³-hybridized carbons (Fsp3) is 0. The first-order valence-corrected chi connectivity index (χ1v) is 18.5. The Morgan fingerprint density at radius 3 is 1.33 bits per heavy atom. The van der Waals surface area contributed by atoms with E-state index >= 15 is 0 Å². The summed E-state index contributed by atoms with van der Waals surface area (Å²) < 4.78 is 2.41. The number of rotatable bonds is 7. The first kappa shape index (κ1) is 31.6. The molecule has 0 fully saturated rings. The number of hydrogen-bond donors (Lipinski definition) is 0. The minimum atomic E-state index is 1.12. The fourth-order valence-electron chi connectivity index (χ4n) is 7.94. The predicted octanol–water partition coefficient (Wildman–Crippen LogP) is 14.4. The number of fused-ring (bicyclic) bond motifs is 4. The topological polar surface area (TPSA) is 8.17 Å². The van der Waals surface area contributed by atoms with Crippen LogP contribution in [0.15, 0.2) is 218 Å². The van der Waals surface area contributed by atoms with E-state index in [4.69, 9.17) is 0 Å². The van der Waals surface area contributed by atoms with Gasteiger partial charge >= 0.3 is 0 Å². The zero-order valence-corrected chi connectivity index (χ0v) is 29.7. The van der Waals surface area contributed by atoms with Crippen molar-refractivity contribution in [2.24, 2.45) is 0 Å². The summed E-state index contributed by atoms with van der Waals surface area (Å²) in [6.07, 6.45) is 0. The van der Waals surface area contributed by atoms with Crippen LogP contribution in [0.5, 0.6) is 0 Å². The lowest BCUT2D eigenvalue weighted by molar-refractivity contribution is 1.18. The summed E-state index contributed by atoms with van der Waals surface area (Å²) in [5.74, 6) is 0. The molecule has 0 radical (unpaired) electrons. The SMILES string of the molecule is c1ccc(-c2ccc3c(c2)c2cc(-c4ccccc4)ccc2n3-c2ccc(-c3ccc(N(c4ccccc4)c4cccc5ccccc45)cc3)cc2)cc1. The number of aromatic nitrogens is 1. The molecule has 54 heavy (non-hydrogen) atoms. The van der Waals surface area contributed by atoms with Gasteiger partial charge in [-0.1, -0.05) is 152 Å². The molecule has 10 rings (SSSR count). The van der Waals surface area contributed by atoms with Gasteiger partial charge in [-0.15, -0.1) is 0 Å². The van der Waals surface area contributed by atoms with E-state index in [9.17, 15) is 0 Å². The number of anilines is 3. The smallest absolute Gasteiger partial charge is 0.0541 e. The third-order valence-electron chi connectivity index (χ3n) is 10.6. The van der Waals surface area contributed by atoms with Crippen LogP contribution in [0.2, 0.25) is 0 Å². The van der Waals surface area contributed by atoms with E-state index < -0.39 is 0 Å². The number of nitrogens with zero attached hydrogens (tertiary/aromatic N) is 2. The Morgan fingerprint density at radius 1 is 0.296 bits per heavy atom. The number of hydrogen-bond acceptors (Lipinski definition) is 1. The standard InChI is InChI=1S/C52H36N2/c1-4-13-37(14-5-1)42-27-33-51-48(35-42)49-36-43(38-15-6-2-7-16-38)28-34-52(49)54(51)46-31-25-40(26-32-46)39-23-29-45(30-24-39)53(44-19-8-3-9-20-44)50-22-12-18-41-17-10-11-21-47(41)50/h1-36H. The molecule has 0 aliphatic heterocycles. The van der Waals surface area contributed by atoms with Gasteiger partial charge in [0.25, 0.3) is 0 Å². The molecule has 0 unspecified atom stereocenters. The first-order valence-electron chi connectivity index (χ1n) is 18.5. The summed E-state index contributed by atoms with van der Waals surface area (Å²) in [4.78, 5) is 2.35. The van der Waals surface area contributed by atoms with Crippen molar-refractivity contribution in [1.82, 2.24) is 4.57 Å². The van der Waals surface area contributed by atoms with Gasteiger partial charge in [-0.25, -0.2) is 0 Å². The fourth-order valence-corrected chi connectivity index (χ4v) is 7.94. The summed E-state index contributed by atoms with van der Waals surface area (Å²) in [5.41, 5.74) is 14.2. The summed E-state index contributed by atoms with van der Waals surface area (Å²) in [5, 5.41) is 4.95. The molecule has 0 aliphatic rings. The van der Waals surface area contributed by atoms with Crippen molar-refractivity contribution in [2.45, 2.75) is 0 Å². The Bertz CT molecular complexity index is 2790. The molecule has 0 amide bonds. The van der Waals surface area contributed by atoms with Crippen molar-refractivity contribution in [3.8, 4) is 39.1 Å². The van der Waals surface area contributed by atoms with Crippen LogP contribution >= 0.6 is 0 Å². The Kier molecular flexibility index (Phi) is 7.85.